The minimum absolute atomic E-state index is 0.296. The molecule has 0 aliphatic heterocycles. The van der Waals surface area contributed by atoms with Crippen LogP contribution in [-0.2, 0) is 11.3 Å². The van der Waals surface area contributed by atoms with Crippen LogP contribution >= 0.6 is 0 Å². The second kappa shape index (κ2) is 10.2. The van der Waals surface area contributed by atoms with Crippen LogP contribution in [0.5, 0.6) is 5.75 Å². The van der Waals surface area contributed by atoms with Crippen LogP contribution in [0.2, 0.25) is 0 Å². The lowest BCUT2D eigenvalue weighted by Gasteiger charge is -2.27. The van der Waals surface area contributed by atoms with Gasteiger partial charge in [0.1, 0.15) is 5.75 Å². The fraction of sp³-hybridized carbons (Fsp3) is 0.320. The van der Waals surface area contributed by atoms with Crippen LogP contribution in [0.15, 0.2) is 60.9 Å². The largest absolute Gasteiger partial charge is 0.497 e. The molecule has 0 fully saturated rings. The molecule has 1 unspecified atom stereocenters. The lowest BCUT2D eigenvalue weighted by atomic mass is 9.81. The van der Waals surface area contributed by atoms with Gasteiger partial charge in [-0.3, -0.25) is 4.79 Å². The summed E-state index contributed by atoms with van der Waals surface area (Å²) >= 11 is 0. The van der Waals surface area contributed by atoms with Crippen LogP contribution in [0, 0.1) is 11.3 Å². The van der Waals surface area contributed by atoms with Crippen molar-refractivity contribution in [2.45, 2.75) is 27.3 Å². The van der Waals surface area contributed by atoms with Gasteiger partial charge in [-0.25, -0.2) is 9.97 Å². The maximum Gasteiger partial charge on any atom is 0.308 e. The van der Waals surface area contributed by atoms with Crippen molar-refractivity contribution < 1.29 is 14.6 Å². The third kappa shape index (κ3) is 6.28. The predicted molar refractivity (Wildman–Crippen MR) is 126 cm³/mol. The first-order valence-electron chi connectivity index (χ1n) is 10.5. The molecule has 0 spiro atoms. The first kappa shape index (κ1) is 23.2. The van der Waals surface area contributed by atoms with E-state index in [1.54, 1.807) is 19.5 Å². The van der Waals surface area contributed by atoms with Gasteiger partial charge in [0.15, 0.2) is 0 Å². The average molecular weight is 435 g/mol. The number of carbonyl (C=O) groups is 1. The molecule has 1 aromatic heterocycles. The number of carboxylic acid groups (broad SMARTS) is 1. The third-order valence-corrected chi connectivity index (χ3v) is 5.31. The monoisotopic (exact) mass is 434 g/mol. The normalized spacial score (nSPS) is 12.2. The number of anilines is 2. The number of nitrogens with one attached hydrogen (secondary N) is 2. The van der Waals surface area contributed by atoms with Crippen molar-refractivity contribution in [1.29, 1.82) is 0 Å². The predicted octanol–water partition coefficient (Wildman–Crippen LogP) is 4.73. The van der Waals surface area contributed by atoms with Crippen LogP contribution in [0.4, 0.5) is 11.6 Å². The molecule has 7 heteroatoms. The first-order chi connectivity index (χ1) is 15.3. The third-order valence-electron chi connectivity index (χ3n) is 5.31. The number of carboxylic acids is 1. The molecule has 3 N–H and O–H groups in total. The summed E-state index contributed by atoms with van der Waals surface area (Å²) in [6.45, 7) is 6.86. The van der Waals surface area contributed by atoms with Crippen LogP contribution in [0.1, 0.15) is 26.3 Å². The van der Waals surface area contributed by atoms with Crippen molar-refractivity contribution in [2.75, 3.05) is 19.0 Å². The Labute approximate surface area is 188 Å². The Hall–Kier alpha value is -3.45. The van der Waals surface area contributed by atoms with E-state index in [0.29, 0.717) is 19.0 Å². The average Bonchev–Trinajstić information content (AvgIpc) is 2.77. The summed E-state index contributed by atoms with van der Waals surface area (Å²) in [6, 6.07) is 15.6. The van der Waals surface area contributed by atoms with Gasteiger partial charge in [0.25, 0.3) is 0 Å². The van der Waals surface area contributed by atoms with E-state index >= 15 is 0 Å². The molecule has 3 aromatic rings. The van der Waals surface area contributed by atoms with E-state index < -0.39 is 11.9 Å². The van der Waals surface area contributed by atoms with Gasteiger partial charge in [-0.05, 0) is 40.8 Å². The molecule has 0 amide bonds. The molecule has 0 saturated carbocycles. The lowest BCUT2D eigenvalue weighted by molar-refractivity contribution is -0.145. The maximum atomic E-state index is 11.5. The Morgan fingerprint density at radius 1 is 1.00 bits per heavy atom. The van der Waals surface area contributed by atoms with Crippen LogP contribution in [0.25, 0.3) is 11.1 Å². The minimum atomic E-state index is -0.775. The quantitative estimate of drug-likeness (QED) is 0.448. The van der Waals surface area contributed by atoms with Gasteiger partial charge in [-0.1, -0.05) is 45.0 Å². The van der Waals surface area contributed by atoms with Gasteiger partial charge < -0.3 is 20.5 Å². The Morgan fingerprint density at radius 3 is 2.16 bits per heavy atom. The molecule has 0 radical (unpaired) electrons. The van der Waals surface area contributed by atoms with Gasteiger partial charge in [0, 0.05) is 36.7 Å². The number of rotatable bonds is 9. The number of aromatic nitrogens is 2. The summed E-state index contributed by atoms with van der Waals surface area (Å²) in [4.78, 5) is 20.3. The van der Waals surface area contributed by atoms with E-state index in [0.717, 1.165) is 28.1 Å². The highest BCUT2D eigenvalue weighted by Crippen LogP contribution is 2.26. The summed E-state index contributed by atoms with van der Waals surface area (Å²) < 4.78 is 5.18. The van der Waals surface area contributed by atoms with Crippen molar-refractivity contribution in [1.82, 2.24) is 15.3 Å². The van der Waals surface area contributed by atoms with Crippen molar-refractivity contribution in [3.63, 3.8) is 0 Å². The standard InChI is InChI=1S/C25H30N4O3/c1-25(2,3)22(23(30)31)16-26-13-17-5-9-20(10-6-17)29-24-27-14-19(15-28-24)18-7-11-21(32-4)12-8-18/h5-12,14-15,22,26H,13,16H2,1-4H3,(H,30,31)(H,27,28,29). The first-order valence-corrected chi connectivity index (χ1v) is 10.5. The summed E-state index contributed by atoms with van der Waals surface area (Å²) in [5.74, 6) is 0.106. The molecule has 7 nitrogen and oxygen atoms in total. The number of methoxy groups -OCH3 is 1. The Morgan fingerprint density at radius 2 is 1.62 bits per heavy atom. The van der Waals surface area contributed by atoms with Gasteiger partial charge in [0.05, 0.1) is 13.0 Å². The van der Waals surface area contributed by atoms with Crippen LogP contribution < -0.4 is 15.4 Å². The van der Waals surface area contributed by atoms with Gasteiger partial charge >= 0.3 is 5.97 Å². The van der Waals surface area contributed by atoms with Gasteiger partial charge in [0.2, 0.25) is 5.95 Å². The highest BCUT2D eigenvalue weighted by Gasteiger charge is 2.30. The minimum Gasteiger partial charge on any atom is -0.497 e. The number of aliphatic carboxylic acids is 1. The van der Waals surface area contributed by atoms with E-state index in [-0.39, 0.29) is 5.41 Å². The Kier molecular flexibility index (Phi) is 7.43. The van der Waals surface area contributed by atoms with Crippen molar-refractivity contribution in [2.24, 2.45) is 11.3 Å². The zero-order chi connectivity index (χ0) is 23.1. The molecular formula is C25H30N4O3. The topological polar surface area (TPSA) is 96.4 Å². The highest BCUT2D eigenvalue weighted by atomic mass is 16.5. The second-order valence-corrected chi connectivity index (χ2v) is 8.73. The number of hydrogen-bond donors (Lipinski definition) is 3. The highest BCUT2D eigenvalue weighted by molar-refractivity contribution is 5.71. The summed E-state index contributed by atoms with van der Waals surface area (Å²) in [5.41, 5.74) is 3.60. The van der Waals surface area contributed by atoms with E-state index in [1.807, 2.05) is 69.3 Å². The molecule has 1 heterocycles. The fourth-order valence-electron chi connectivity index (χ4n) is 3.28. The molecule has 0 aliphatic rings. The van der Waals surface area contributed by atoms with E-state index in [2.05, 4.69) is 20.6 Å². The summed E-state index contributed by atoms with van der Waals surface area (Å²) in [5, 5.41) is 15.9. The summed E-state index contributed by atoms with van der Waals surface area (Å²) in [7, 11) is 1.64. The second-order valence-electron chi connectivity index (χ2n) is 8.73. The van der Waals surface area contributed by atoms with E-state index in [4.69, 9.17) is 4.74 Å². The number of benzene rings is 2. The fourth-order valence-corrected chi connectivity index (χ4v) is 3.28. The number of nitrogens with zero attached hydrogens (tertiary/aromatic N) is 2. The maximum absolute atomic E-state index is 11.5. The molecule has 0 saturated heterocycles. The molecule has 1 atom stereocenters. The van der Waals surface area contributed by atoms with Crippen molar-refractivity contribution in [3.05, 3.63) is 66.5 Å². The number of hydrogen-bond acceptors (Lipinski definition) is 6. The molecular weight excluding hydrogens is 404 g/mol. The molecule has 0 aliphatic carbocycles. The van der Waals surface area contributed by atoms with Crippen LogP contribution in [0.3, 0.4) is 0 Å². The zero-order valence-corrected chi connectivity index (χ0v) is 18.9. The Bertz CT molecular complexity index is 1010. The van der Waals surface area contributed by atoms with Crippen molar-refractivity contribution >= 4 is 17.6 Å². The molecule has 32 heavy (non-hydrogen) atoms. The molecule has 168 valence electrons. The number of ether oxygens (including phenoxy) is 1. The zero-order valence-electron chi connectivity index (χ0n) is 18.9. The Balaban J connectivity index is 1.54. The van der Waals surface area contributed by atoms with Gasteiger partial charge in [-0.2, -0.15) is 0 Å². The van der Waals surface area contributed by atoms with Crippen molar-refractivity contribution in [3.8, 4) is 16.9 Å². The smallest absolute Gasteiger partial charge is 0.308 e. The molecule has 2 aromatic carbocycles. The van der Waals surface area contributed by atoms with E-state index in [9.17, 15) is 9.90 Å². The summed E-state index contributed by atoms with van der Waals surface area (Å²) in [6.07, 6.45) is 3.56. The lowest BCUT2D eigenvalue weighted by Crippen LogP contribution is -2.37. The molecule has 0 bridgehead atoms. The van der Waals surface area contributed by atoms with Gasteiger partial charge in [-0.15, -0.1) is 0 Å². The molecule has 3 rings (SSSR count). The van der Waals surface area contributed by atoms with Crippen LogP contribution in [-0.4, -0.2) is 34.7 Å². The SMILES string of the molecule is COc1ccc(-c2cnc(Nc3ccc(CNCC(C(=O)O)C(C)(C)C)cc3)nc2)cc1. The van der Waals surface area contributed by atoms with E-state index in [1.165, 1.54) is 0 Å².